The molecule has 0 radical (unpaired) electrons. The van der Waals surface area contributed by atoms with Gasteiger partial charge in [0, 0.05) is 0 Å². The third-order valence-corrected chi connectivity index (χ3v) is 3.88. The van der Waals surface area contributed by atoms with Crippen molar-refractivity contribution in [2.75, 3.05) is 0 Å². The topological polar surface area (TPSA) is 20.2 Å². The smallest absolute Gasteiger partial charge is 0.0568 e. The molecule has 1 nitrogen and oxygen atoms in total. The van der Waals surface area contributed by atoms with E-state index < -0.39 is 0 Å². The molecule has 0 amide bonds. The van der Waals surface area contributed by atoms with E-state index in [1.54, 1.807) is 0 Å². The second-order valence-corrected chi connectivity index (χ2v) is 6.77. The first kappa shape index (κ1) is 14.0. The zero-order chi connectivity index (χ0) is 12.0. The van der Waals surface area contributed by atoms with Crippen LogP contribution in [0.3, 0.4) is 0 Å². The van der Waals surface area contributed by atoms with Crippen LogP contribution in [-0.4, -0.2) is 11.2 Å². The molecular weight excluding hydrogens is 196 g/mol. The molecule has 1 fully saturated rings. The van der Waals surface area contributed by atoms with Gasteiger partial charge in [-0.05, 0) is 37.0 Å². The van der Waals surface area contributed by atoms with Crippen LogP contribution in [0.25, 0.3) is 0 Å². The molecular formula is C15H30O. The largest absolute Gasteiger partial charge is 0.393 e. The fourth-order valence-corrected chi connectivity index (χ4v) is 2.69. The first-order valence-electron chi connectivity index (χ1n) is 7.17. The summed E-state index contributed by atoms with van der Waals surface area (Å²) >= 11 is 0. The Labute approximate surface area is 102 Å². The fraction of sp³-hybridized carbons (Fsp3) is 1.00. The van der Waals surface area contributed by atoms with Crippen molar-refractivity contribution in [1.29, 1.82) is 0 Å². The Morgan fingerprint density at radius 3 is 2.00 bits per heavy atom. The molecule has 96 valence electrons. The van der Waals surface area contributed by atoms with Crippen LogP contribution in [0.15, 0.2) is 0 Å². The molecule has 0 heterocycles. The molecule has 0 aromatic rings. The first-order chi connectivity index (χ1) is 7.49. The molecule has 1 heteroatoms. The highest BCUT2D eigenvalue weighted by atomic mass is 16.3. The molecule has 0 saturated heterocycles. The molecule has 0 aliphatic heterocycles. The van der Waals surface area contributed by atoms with Gasteiger partial charge in [0.05, 0.1) is 6.10 Å². The summed E-state index contributed by atoms with van der Waals surface area (Å²) in [6.45, 7) is 6.79. The Balaban J connectivity index is 2.29. The van der Waals surface area contributed by atoms with Crippen molar-refractivity contribution in [2.24, 2.45) is 11.3 Å². The number of aliphatic hydroxyl groups is 1. The second kappa shape index (κ2) is 6.64. The van der Waals surface area contributed by atoms with Crippen LogP contribution >= 0.6 is 0 Å². The van der Waals surface area contributed by atoms with Gasteiger partial charge in [-0.1, -0.05) is 52.9 Å². The van der Waals surface area contributed by atoms with Crippen LogP contribution in [0.5, 0.6) is 0 Å². The van der Waals surface area contributed by atoms with Gasteiger partial charge in [0.25, 0.3) is 0 Å². The summed E-state index contributed by atoms with van der Waals surface area (Å²) in [6.07, 6.45) is 11.4. The van der Waals surface area contributed by atoms with Crippen molar-refractivity contribution in [2.45, 2.75) is 84.7 Å². The average Bonchev–Trinajstić information content (AvgIpc) is 2.12. The van der Waals surface area contributed by atoms with Gasteiger partial charge in [-0.3, -0.25) is 0 Å². The number of hydrogen-bond donors (Lipinski definition) is 1. The van der Waals surface area contributed by atoms with Crippen LogP contribution in [0.1, 0.15) is 78.6 Å². The second-order valence-electron chi connectivity index (χ2n) is 6.77. The zero-order valence-corrected chi connectivity index (χ0v) is 11.5. The summed E-state index contributed by atoms with van der Waals surface area (Å²) in [5.41, 5.74) is 0.364. The van der Waals surface area contributed by atoms with Gasteiger partial charge in [-0.25, -0.2) is 0 Å². The highest BCUT2D eigenvalue weighted by Crippen LogP contribution is 2.29. The maximum Gasteiger partial charge on any atom is 0.0568 e. The minimum absolute atomic E-state index is 0.0441. The van der Waals surface area contributed by atoms with Crippen LogP contribution in [-0.2, 0) is 0 Å². The Kier molecular flexibility index (Phi) is 5.82. The van der Waals surface area contributed by atoms with E-state index in [1.165, 1.54) is 44.9 Å². The van der Waals surface area contributed by atoms with Crippen LogP contribution in [0, 0.1) is 11.3 Å². The predicted molar refractivity (Wildman–Crippen MR) is 70.5 cm³/mol. The van der Waals surface area contributed by atoms with Crippen molar-refractivity contribution < 1.29 is 5.11 Å². The van der Waals surface area contributed by atoms with Gasteiger partial charge in [-0.15, -0.1) is 0 Å². The van der Waals surface area contributed by atoms with Crippen LogP contribution in [0.4, 0.5) is 0 Å². The van der Waals surface area contributed by atoms with Gasteiger partial charge in [-0.2, -0.15) is 0 Å². The lowest BCUT2D eigenvalue weighted by atomic mass is 9.82. The third-order valence-electron chi connectivity index (χ3n) is 3.88. The average molecular weight is 226 g/mol. The molecule has 1 rings (SSSR count). The van der Waals surface area contributed by atoms with E-state index in [0.717, 1.165) is 12.8 Å². The molecule has 1 N–H and O–H groups in total. The molecule has 1 atom stereocenters. The summed E-state index contributed by atoms with van der Waals surface area (Å²) in [6, 6.07) is 0. The fourth-order valence-electron chi connectivity index (χ4n) is 2.69. The van der Waals surface area contributed by atoms with Crippen molar-refractivity contribution >= 4 is 0 Å². The van der Waals surface area contributed by atoms with Gasteiger partial charge in [0.1, 0.15) is 0 Å². The minimum atomic E-state index is -0.0441. The molecule has 1 unspecified atom stereocenters. The Morgan fingerprint density at radius 2 is 1.50 bits per heavy atom. The maximum absolute atomic E-state index is 10.3. The highest BCUT2D eigenvalue weighted by molar-refractivity contribution is 4.74. The maximum atomic E-state index is 10.3. The van der Waals surface area contributed by atoms with Crippen molar-refractivity contribution in [3.8, 4) is 0 Å². The Morgan fingerprint density at radius 1 is 1.00 bits per heavy atom. The van der Waals surface area contributed by atoms with Crippen molar-refractivity contribution in [3.05, 3.63) is 0 Å². The molecule has 0 aromatic carbocycles. The number of hydrogen-bond acceptors (Lipinski definition) is 1. The lowest BCUT2D eigenvalue weighted by molar-refractivity contribution is 0.0721. The SMILES string of the molecule is CC(C)(C)CCC(O)C1CCCCCCC1. The quantitative estimate of drug-likeness (QED) is 0.749. The van der Waals surface area contributed by atoms with Crippen molar-refractivity contribution in [3.63, 3.8) is 0 Å². The monoisotopic (exact) mass is 226 g/mol. The molecule has 1 aliphatic rings. The third kappa shape index (κ3) is 5.89. The van der Waals surface area contributed by atoms with Crippen LogP contribution < -0.4 is 0 Å². The van der Waals surface area contributed by atoms with E-state index in [1.807, 2.05) is 0 Å². The molecule has 1 saturated carbocycles. The predicted octanol–water partition coefficient (Wildman–Crippen LogP) is 4.53. The van der Waals surface area contributed by atoms with Gasteiger partial charge in [0.2, 0.25) is 0 Å². The lowest BCUT2D eigenvalue weighted by Gasteiger charge is -2.27. The summed E-state index contributed by atoms with van der Waals surface area (Å²) in [5, 5.41) is 10.3. The van der Waals surface area contributed by atoms with E-state index in [9.17, 15) is 5.11 Å². The van der Waals surface area contributed by atoms with E-state index in [-0.39, 0.29) is 6.10 Å². The molecule has 0 bridgehead atoms. The summed E-state index contributed by atoms with van der Waals surface area (Å²) < 4.78 is 0. The Hall–Kier alpha value is -0.0400. The van der Waals surface area contributed by atoms with Crippen molar-refractivity contribution in [1.82, 2.24) is 0 Å². The summed E-state index contributed by atoms with van der Waals surface area (Å²) in [7, 11) is 0. The summed E-state index contributed by atoms with van der Waals surface area (Å²) in [5.74, 6) is 0.586. The highest BCUT2D eigenvalue weighted by Gasteiger charge is 2.21. The number of aliphatic hydroxyl groups excluding tert-OH is 1. The molecule has 0 aromatic heterocycles. The van der Waals surface area contributed by atoms with E-state index in [0.29, 0.717) is 11.3 Å². The molecule has 16 heavy (non-hydrogen) atoms. The standard InChI is InChI=1S/C15H30O/c1-15(2,3)12-11-14(16)13-9-7-5-4-6-8-10-13/h13-14,16H,4-12H2,1-3H3. The first-order valence-corrected chi connectivity index (χ1v) is 7.17. The number of rotatable bonds is 3. The van der Waals surface area contributed by atoms with Gasteiger partial charge in [0.15, 0.2) is 0 Å². The molecule has 1 aliphatic carbocycles. The summed E-state index contributed by atoms with van der Waals surface area (Å²) in [4.78, 5) is 0. The van der Waals surface area contributed by atoms with Gasteiger partial charge >= 0.3 is 0 Å². The van der Waals surface area contributed by atoms with Gasteiger partial charge < -0.3 is 5.11 Å². The van der Waals surface area contributed by atoms with E-state index >= 15 is 0 Å². The zero-order valence-electron chi connectivity index (χ0n) is 11.5. The Bertz CT molecular complexity index is 172. The van der Waals surface area contributed by atoms with E-state index in [4.69, 9.17) is 0 Å². The lowest BCUT2D eigenvalue weighted by Crippen LogP contribution is -2.23. The van der Waals surface area contributed by atoms with Crippen LogP contribution in [0.2, 0.25) is 0 Å². The normalized spacial score (nSPS) is 22.5. The molecule has 0 spiro atoms. The van der Waals surface area contributed by atoms with E-state index in [2.05, 4.69) is 20.8 Å². The minimum Gasteiger partial charge on any atom is -0.393 e.